The van der Waals surface area contributed by atoms with Crippen LogP contribution in [-0.2, 0) is 6.54 Å². The lowest BCUT2D eigenvalue weighted by Gasteiger charge is -2.00. The molecule has 1 aromatic heterocycles. The maximum absolute atomic E-state index is 12.4. The lowest BCUT2D eigenvalue weighted by Crippen LogP contribution is -2.16. The van der Waals surface area contributed by atoms with Crippen LogP contribution >= 0.6 is 33.9 Å². The molecule has 3 aromatic rings. The van der Waals surface area contributed by atoms with Crippen LogP contribution in [-0.4, -0.2) is 10.5 Å². The third-order valence-corrected chi connectivity index (χ3v) is 5.14. The van der Waals surface area contributed by atoms with E-state index in [1.807, 2.05) is 47.0 Å². The van der Waals surface area contributed by atoms with Gasteiger partial charge in [-0.25, -0.2) is 0 Å². The second kappa shape index (κ2) is 6.46. The summed E-state index contributed by atoms with van der Waals surface area (Å²) >= 11 is 3.61. The highest BCUT2D eigenvalue weighted by Crippen LogP contribution is 2.17. The molecule has 3 rings (SSSR count). The molecule has 0 saturated carbocycles. The number of aromatic nitrogens is 1. The number of rotatable bonds is 2. The summed E-state index contributed by atoms with van der Waals surface area (Å²) in [5, 5.41) is 0. The van der Waals surface area contributed by atoms with Crippen molar-refractivity contribution in [1.29, 1.82) is 0 Å². The van der Waals surface area contributed by atoms with Crippen molar-refractivity contribution in [3.63, 3.8) is 0 Å². The van der Waals surface area contributed by atoms with E-state index < -0.39 is 0 Å². The number of halogens is 1. The molecule has 0 fully saturated rings. The van der Waals surface area contributed by atoms with Crippen molar-refractivity contribution >= 4 is 50.1 Å². The van der Waals surface area contributed by atoms with Crippen LogP contribution in [0.15, 0.2) is 53.5 Å². The van der Waals surface area contributed by atoms with E-state index in [-0.39, 0.29) is 5.91 Å². The number of hydrogen-bond donors (Lipinski definition) is 0. The first kappa shape index (κ1) is 15.0. The van der Waals surface area contributed by atoms with E-state index in [2.05, 4.69) is 33.5 Å². The molecule has 3 nitrogen and oxygen atoms in total. The van der Waals surface area contributed by atoms with Crippen LogP contribution in [0, 0.1) is 15.9 Å². The minimum atomic E-state index is -0.248. The molecular weight excluding hydrogens is 407 g/mol. The van der Waals surface area contributed by atoms with Crippen molar-refractivity contribution in [3.05, 3.63) is 62.5 Å². The fourth-order valence-electron chi connectivity index (χ4n) is 2.13. The summed E-state index contributed by atoms with van der Waals surface area (Å²) in [5.74, 6) is 2.38. The Morgan fingerprint density at radius 2 is 1.95 bits per heavy atom. The molecule has 0 aliphatic heterocycles. The quantitative estimate of drug-likeness (QED) is 0.462. The van der Waals surface area contributed by atoms with Gasteiger partial charge in [0.1, 0.15) is 0 Å². The first-order valence-corrected chi connectivity index (χ1v) is 8.45. The predicted molar refractivity (Wildman–Crippen MR) is 97.7 cm³/mol. The number of carbonyl (C=O) groups excluding carboxylic acids is 1. The van der Waals surface area contributed by atoms with Crippen molar-refractivity contribution in [2.45, 2.75) is 6.54 Å². The van der Waals surface area contributed by atoms with Gasteiger partial charge >= 0.3 is 0 Å². The zero-order valence-corrected chi connectivity index (χ0v) is 14.5. The van der Waals surface area contributed by atoms with E-state index in [1.165, 1.54) is 11.3 Å². The number of benzene rings is 2. The predicted octanol–water partition coefficient (Wildman–Crippen LogP) is 3.68. The average molecular weight is 418 g/mol. The number of hydrogen-bond acceptors (Lipinski definition) is 2. The van der Waals surface area contributed by atoms with Gasteiger partial charge in [0.25, 0.3) is 5.91 Å². The summed E-state index contributed by atoms with van der Waals surface area (Å²) < 4.78 is 3.85. The number of carbonyl (C=O) groups is 1. The molecule has 0 unspecified atom stereocenters. The molecule has 0 atom stereocenters. The third-order valence-electron chi connectivity index (χ3n) is 3.14. The summed E-state index contributed by atoms with van der Waals surface area (Å²) in [6, 6.07) is 15.3. The van der Waals surface area contributed by atoms with Crippen LogP contribution in [0.1, 0.15) is 10.4 Å². The highest BCUT2D eigenvalue weighted by Gasteiger charge is 2.10. The average Bonchev–Trinajstić information content (AvgIpc) is 2.86. The van der Waals surface area contributed by atoms with E-state index in [0.717, 1.165) is 13.8 Å². The Morgan fingerprint density at radius 1 is 1.23 bits per heavy atom. The minimum absolute atomic E-state index is 0.248. The van der Waals surface area contributed by atoms with Crippen LogP contribution in [0.4, 0.5) is 0 Å². The maximum atomic E-state index is 12.4. The number of nitrogens with zero attached hydrogens (tertiary/aromatic N) is 2. The summed E-state index contributed by atoms with van der Waals surface area (Å²) in [5.41, 5.74) is 1.60. The van der Waals surface area contributed by atoms with Gasteiger partial charge in [-0.3, -0.25) is 4.79 Å². The molecule has 22 heavy (non-hydrogen) atoms. The third kappa shape index (κ3) is 2.85. The van der Waals surface area contributed by atoms with Gasteiger partial charge in [0.15, 0.2) is 4.80 Å². The highest BCUT2D eigenvalue weighted by atomic mass is 127. The normalized spacial score (nSPS) is 11.5. The Labute approximate surface area is 145 Å². The first-order valence-electron chi connectivity index (χ1n) is 6.56. The topological polar surface area (TPSA) is 34.4 Å². The SMILES string of the molecule is C#CCn1c(=NC(=O)c2ccccc2I)sc2ccccc21. The molecule has 0 bridgehead atoms. The van der Waals surface area contributed by atoms with Gasteiger partial charge in [-0.15, -0.1) is 6.42 Å². The van der Waals surface area contributed by atoms with Crippen molar-refractivity contribution in [2.75, 3.05) is 0 Å². The molecule has 0 aliphatic carbocycles. The van der Waals surface area contributed by atoms with Gasteiger partial charge < -0.3 is 4.57 Å². The lowest BCUT2D eigenvalue weighted by molar-refractivity contribution is 0.0997. The monoisotopic (exact) mass is 418 g/mol. The zero-order chi connectivity index (χ0) is 15.5. The summed E-state index contributed by atoms with van der Waals surface area (Å²) in [4.78, 5) is 17.4. The maximum Gasteiger partial charge on any atom is 0.280 e. The Hall–Kier alpha value is -1.91. The molecule has 0 spiro atoms. The number of thiazole rings is 1. The van der Waals surface area contributed by atoms with Gasteiger partial charge in [-0.05, 0) is 46.9 Å². The Bertz CT molecular complexity index is 962. The van der Waals surface area contributed by atoms with E-state index >= 15 is 0 Å². The molecule has 0 N–H and O–H groups in total. The standard InChI is InChI=1S/C17H11IN2OS/c1-2-11-20-14-9-5-6-10-15(14)22-17(20)19-16(21)12-7-3-4-8-13(12)18/h1,3-10H,11H2. The van der Waals surface area contributed by atoms with Gasteiger partial charge in [0.2, 0.25) is 0 Å². The Balaban J connectivity index is 2.17. The number of fused-ring (bicyclic) bond motifs is 1. The van der Waals surface area contributed by atoms with Crippen molar-refractivity contribution in [1.82, 2.24) is 4.57 Å². The molecule has 5 heteroatoms. The van der Waals surface area contributed by atoms with Crippen LogP contribution in [0.3, 0.4) is 0 Å². The fraction of sp³-hybridized carbons (Fsp3) is 0.0588. The minimum Gasteiger partial charge on any atom is -0.305 e. The molecule has 0 aliphatic rings. The zero-order valence-electron chi connectivity index (χ0n) is 11.5. The van der Waals surface area contributed by atoms with Crippen molar-refractivity contribution in [2.24, 2.45) is 4.99 Å². The number of terminal acetylenes is 1. The van der Waals surface area contributed by atoms with Crippen molar-refractivity contribution in [3.8, 4) is 12.3 Å². The van der Waals surface area contributed by atoms with Crippen LogP contribution in [0.5, 0.6) is 0 Å². The summed E-state index contributed by atoms with van der Waals surface area (Å²) in [6.07, 6.45) is 5.45. The molecule has 0 saturated heterocycles. The first-order chi connectivity index (χ1) is 10.7. The van der Waals surface area contributed by atoms with E-state index in [4.69, 9.17) is 6.42 Å². The van der Waals surface area contributed by atoms with Crippen LogP contribution in [0.25, 0.3) is 10.2 Å². The lowest BCUT2D eigenvalue weighted by atomic mass is 10.2. The van der Waals surface area contributed by atoms with Crippen LogP contribution < -0.4 is 4.80 Å². The second-order valence-electron chi connectivity index (χ2n) is 4.54. The van der Waals surface area contributed by atoms with Crippen molar-refractivity contribution < 1.29 is 4.79 Å². The summed E-state index contributed by atoms with van der Waals surface area (Å²) in [7, 11) is 0. The highest BCUT2D eigenvalue weighted by molar-refractivity contribution is 14.1. The van der Waals surface area contributed by atoms with Gasteiger partial charge in [-0.1, -0.05) is 41.5 Å². The molecular formula is C17H11IN2OS. The van der Waals surface area contributed by atoms with E-state index in [0.29, 0.717) is 16.9 Å². The smallest absolute Gasteiger partial charge is 0.280 e. The largest absolute Gasteiger partial charge is 0.305 e. The number of amides is 1. The Morgan fingerprint density at radius 3 is 2.73 bits per heavy atom. The molecule has 1 heterocycles. The molecule has 2 aromatic carbocycles. The number of para-hydroxylation sites is 1. The second-order valence-corrected chi connectivity index (χ2v) is 6.71. The Kier molecular flexibility index (Phi) is 4.41. The van der Waals surface area contributed by atoms with E-state index in [1.54, 1.807) is 6.07 Å². The van der Waals surface area contributed by atoms with Gasteiger partial charge in [0.05, 0.1) is 22.3 Å². The molecule has 108 valence electrons. The fourth-order valence-corrected chi connectivity index (χ4v) is 3.78. The molecule has 0 radical (unpaired) electrons. The molecule has 1 amide bonds. The van der Waals surface area contributed by atoms with Crippen LogP contribution in [0.2, 0.25) is 0 Å². The van der Waals surface area contributed by atoms with E-state index in [9.17, 15) is 4.79 Å². The summed E-state index contributed by atoms with van der Waals surface area (Å²) in [6.45, 7) is 0.391. The van der Waals surface area contributed by atoms with Gasteiger partial charge in [-0.2, -0.15) is 4.99 Å². The van der Waals surface area contributed by atoms with Gasteiger partial charge in [0, 0.05) is 3.57 Å².